The molecule has 4 rings (SSSR count). The van der Waals surface area contributed by atoms with Gasteiger partial charge in [0, 0.05) is 36.6 Å². The van der Waals surface area contributed by atoms with Gasteiger partial charge in [0.25, 0.3) is 0 Å². The normalized spacial score (nSPS) is 12.0. The fourth-order valence-corrected chi connectivity index (χ4v) is 4.63. The lowest BCUT2D eigenvalue weighted by atomic mass is 10.0. The van der Waals surface area contributed by atoms with E-state index in [0.29, 0.717) is 17.1 Å². The summed E-state index contributed by atoms with van der Waals surface area (Å²) in [4.78, 5) is 4.18. The Morgan fingerprint density at radius 2 is 1.64 bits per heavy atom. The average Bonchev–Trinajstić information content (AvgIpc) is 3.29. The van der Waals surface area contributed by atoms with E-state index in [9.17, 15) is 17.2 Å². The maximum absolute atomic E-state index is 14.0. The van der Waals surface area contributed by atoms with Crippen molar-refractivity contribution in [3.63, 3.8) is 0 Å². The molecular formula is C26H27F2N5O2S. The lowest BCUT2D eigenvalue weighted by Crippen LogP contribution is -2.29. The van der Waals surface area contributed by atoms with Crippen molar-refractivity contribution in [1.29, 1.82) is 0 Å². The van der Waals surface area contributed by atoms with Gasteiger partial charge in [0.1, 0.15) is 23.1 Å². The minimum Gasteiger partial charge on any atom is -0.369 e. The molecule has 188 valence electrons. The van der Waals surface area contributed by atoms with Crippen LogP contribution in [0, 0.1) is 11.6 Å². The Morgan fingerprint density at radius 1 is 0.917 bits per heavy atom. The van der Waals surface area contributed by atoms with Crippen LogP contribution in [0.5, 0.6) is 0 Å². The van der Waals surface area contributed by atoms with Crippen molar-refractivity contribution in [3.8, 4) is 22.4 Å². The molecule has 0 fully saturated rings. The van der Waals surface area contributed by atoms with Crippen LogP contribution in [0.25, 0.3) is 22.4 Å². The van der Waals surface area contributed by atoms with Gasteiger partial charge < -0.3 is 5.32 Å². The van der Waals surface area contributed by atoms with E-state index < -0.39 is 15.8 Å². The van der Waals surface area contributed by atoms with E-state index in [1.807, 2.05) is 49.8 Å². The van der Waals surface area contributed by atoms with Crippen molar-refractivity contribution in [2.45, 2.75) is 31.2 Å². The standard InChI is InChI=1S/C26H27F2N5O2S/c1-26(2,3)33-17-23(25(32-33)19-6-4-7-20(27)14-19)18-10-11-29-24(15-18)30-12-13-31-36(34,35)22-9-5-8-21(28)16-22/h4-11,14-17,31H,12-13H2,1-3H3,(H,29,30). The van der Waals surface area contributed by atoms with Crippen molar-refractivity contribution < 1.29 is 17.2 Å². The highest BCUT2D eigenvalue weighted by Gasteiger charge is 2.21. The third-order valence-corrected chi connectivity index (χ3v) is 6.86. The molecular weight excluding hydrogens is 484 g/mol. The van der Waals surface area contributed by atoms with Gasteiger partial charge in [0.15, 0.2) is 0 Å². The molecule has 2 N–H and O–H groups in total. The number of sulfonamides is 1. The van der Waals surface area contributed by atoms with Crippen LogP contribution in [0.2, 0.25) is 0 Å². The molecule has 0 aliphatic heterocycles. The van der Waals surface area contributed by atoms with Crippen molar-refractivity contribution in [2.24, 2.45) is 0 Å². The Balaban J connectivity index is 1.52. The predicted octanol–water partition coefficient (Wildman–Crippen LogP) is 5.04. The van der Waals surface area contributed by atoms with E-state index in [1.54, 1.807) is 12.3 Å². The van der Waals surface area contributed by atoms with Crippen LogP contribution >= 0.6 is 0 Å². The summed E-state index contributed by atoms with van der Waals surface area (Å²) in [5.74, 6) is -0.433. The van der Waals surface area contributed by atoms with Gasteiger partial charge in [-0.15, -0.1) is 0 Å². The summed E-state index contributed by atoms with van der Waals surface area (Å²) in [6, 6.07) is 14.8. The molecule has 7 nitrogen and oxygen atoms in total. The SMILES string of the molecule is CC(C)(C)n1cc(-c2ccnc(NCCNS(=O)(=O)c3cccc(F)c3)c2)c(-c2cccc(F)c2)n1. The molecule has 0 spiro atoms. The summed E-state index contributed by atoms with van der Waals surface area (Å²) in [6.07, 6.45) is 3.56. The quantitative estimate of drug-likeness (QED) is 0.324. The van der Waals surface area contributed by atoms with Gasteiger partial charge in [-0.3, -0.25) is 4.68 Å². The largest absolute Gasteiger partial charge is 0.369 e. The lowest BCUT2D eigenvalue weighted by molar-refractivity contribution is 0.356. The Morgan fingerprint density at radius 3 is 2.33 bits per heavy atom. The number of benzene rings is 2. The second-order valence-corrected chi connectivity index (χ2v) is 11.0. The monoisotopic (exact) mass is 511 g/mol. The Kier molecular flexibility index (Phi) is 7.18. The van der Waals surface area contributed by atoms with Gasteiger partial charge in [0.2, 0.25) is 10.0 Å². The van der Waals surface area contributed by atoms with Gasteiger partial charge in [-0.2, -0.15) is 5.10 Å². The Labute approximate surface area is 209 Å². The maximum Gasteiger partial charge on any atom is 0.240 e. The molecule has 0 aliphatic carbocycles. The zero-order chi connectivity index (χ0) is 25.9. The van der Waals surface area contributed by atoms with Crippen molar-refractivity contribution in [3.05, 3.63) is 84.7 Å². The van der Waals surface area contributed by atoms with E-state index >= 15 is 0 Å². The molecule has 4 aromatic rings. The molecule has 36 heavy (non-hydrogen) atoms. The molecule has 2 aromatic heterocycles. The maximum atomic E-state index is 14.0. The molecule has 0 atom stereocenters. The first kappa shape index (κ1) is 25.5. The molecule has 0 aliphatic rings. The van der Waals surface area contributed by atoms with Crippen molar-refractivity contribution in [1.82, 2.24) is 19.5 Å². The number of aromatic nitrogens is 3. The van der Waals surface area contributed by atoms with E-state index in [-0.39, 0.29) is 29.3 Å². The summed E-state index contributed by atoms with van der Waals surface area (Å²) in [5, 5.41) is 7.84. The first-order valence-electron chi connectivity index (χ1n) is 11.3. The molecule has 0 amide bonds. The molecule has 0 radical (unpaired) electrons. The molecule has 2 aromatic carbocycles. The second-order valence-electron chi connectivity index (χ2n) is 9.23. The van der Waals surface area contributed by atoms with Gasteiger partial charge in [-0.05, 0) is 68.8 Å². The molecule has 2 heterocycles. The topological polar surface area (TPSA) is 88.9 Å². The molecule has 0 saturated carbocycles. The molecule has 0 unspecified atom stereocenters. The van der Waals surface area contributed by atoms with Crippen LogP contribution in [0.4, 0.5) is 14.6 Å². The fraction of sp³-hybridized carbons (Fsp3) is 0.231. The number of hydrogen-bond donors (Lipinski definition) is 2. The number of halogens is 2. The summed E-state index contributed by atoms with van der Waals surface area (Å²) in [5.41, 5.74) is 2.65. The predicted molar refractivity (Wildman–Crippen MR) is 136 cm³/mol. The van der Waals surface area contributed by atoms with Crippen molar-refractivity contribution in [2.75, 3.05) is 18.4 Å². The van der Waals surface area contributed by atoms with Crippen LogP contribution in [0.3, 0.4) is 0 Å². The minimum absolute atomic E-state index is 0.0707. The molecule has 0 saturated heterocycles. The highest BCUT2D eigenvalue weighted by molar-refractivity contribution is 7.89. The van der Waals surface area contributed by atoms with Gasteiger partial charge in [-0.1, -0.05) is 18.2 Å². The van der Waals surface area contributed by atoms with Gasteiger partial charge in [0.05, 0.1) is 10.4 Å². The smallest absolute Gasteiger partial charge is 0.240 e. The second kappa shape index (κ2) is 10.2. The van der Waals surface area contributed by atoms with Crippen LogP contribution < -0.4 is 10.0 Å². The number of hydrogen-bond acceptors (Lipinski definition) is 5. The van der Waals surface area contributed by atoms with Crippen LogP contribution in [0.15, 0.2) is 78.0 Å². The highest BCUT2D eigenvalue weighted by atomic mass is 32.2. The van der Waals surface area contributed by atoms with Crippen LogP contribution in [0.1, 0.15) is 20.8 Å². The number of nitrogens with one attached hydrogen (secondary N) is 2. The van der Waals surface area contributed by atoms with E-state index in [0.717, 1.165) is 17.2 Å². The summed E-state index contributed by atoms with van der Waals surface area (Å²) in [6.45, 7) is 6.42. The summed E-state index contributed by atoms with van der Waals surface area (Å²) in [7, 11) is -3.83. The number of nitrogens with zero attached hydrogens (tertiary/aromatic N) is 3. The van der Waals surface area contributed by atoms with E-state index in [2.05, 4.69) is 15.0 Å². The van der Waals surface area contributed by atoms with Gasteiger partial charge >= 0.3 is 0 Å². The fourth-order valence-electron chi connectivity index (χ4n) is 3.57. The summed E-state index contributed by atoms with van der Waals surface area (Å²) < 4.78 is 56.3. The van der Waals surface area contributed by atoms with Crippen LogP contribution in [-0.4, -0.2) is 36.3 Å². The third-order valence-electron chi connectivity index (χ3n) is 5.40. The Hall–Kier alpha value is -3.63. The number of rotatable bonds is 8. The zero-order valence-corrected chi connectivity index (χ0v) is 21.0. The average molecular weight is 512 g/mol. The molecule has 0 bridgehead atoms. The number of anilines is 1. The third kappa shape index (κ3) is 5.95. The Bertz CT molecular complexity index is 1480. The van der Waals surface area contributed by atoms with Gasteiger partial charge in [-0.25, -0.2) is 26.9 Å². The first-order chi connectivity index (χ1) is 17.0. The highest BCUT2D eigenvalue weighted by Crippen LogP contribution is 2.33. The van der Waals surface area contributed by atoms with E-state index in [4.69, 9.17) is 5.10 Å². The zero-order valence-electron chi connectivity index (χ0n) is 20.2. The minimum atomic E-state index is -3.83. The molecule has 10 heteroatoms. The van der Waals surface area contributed by atoms with Crippen molar-refractivity contribution >= 4 is 15.8 Å². The number of pyridine rings is 1. The van der Waals surface area contributed by atoms with Crippen LogP contribution in [-0.2, 0) is 15.6 Å². The van der Waals surface area contributed by atoms with E-state index in [1.165, 1.54) is 30.3 Å². The lowest BCUT2D eigenvalue weighted by Gasteiger charge is -2.18. The summed E-state index contributed by atoms with van der Waals surface area (Å²) >= 11 is 0. The first-order valence-corrected chi connectivity index (χ1v) is 12.8.